The first-order valence-electron chi connectivity index (χ1n) is 9.22. The van der Waals surface area contributed by atoms with Crippen molar-refractivity contribution in [3.05, 3.63) is 64.6 Å². The van der Waals surface area contributed by atoms with Gasteiger partial charge in [0.05, 0.1) is 4.90 Å². The van der Waals surface area contributed by atoms with Gasteiger partial charge in [-0.25, -0.2) is 13.4 Å². The Hall–Kier alpha value is -2.62. The largest absolute Gasteiger partial charge is 0.359 e. The normalized spacial score (nSPS) is 14.3. The van der Waals surface area contributed by atoms with Gasteiger partial charge in [-0.1, -0.05) is 11.6 Å². The first-order valence-corrected chi connectivity index (χ1v) is 12.0. The average molecular weight is 463 g/mol. The van der Waals surface area contributed by atoms with E-state index in [0.717, 1.165) is 24.2 Å². The van der Waals surface area contributed by atoms with Crippen molar-refractivity contribution in [2.24, 2.45) is 0 Å². The first-order chi connectivity index (χ1) is 14.3. The maximum Gasteiger partial charge on any atom is 0.263 e. The first kappa shape index (κ1) is 20.6. The molecule has 0 saturated heterocycles. The van der Waals surface area contributed by atoms with E-state index in [9.17, 15) is 13.2 Å². The second-order valence-corrected chi connectivity index (χ2v) is 9.86. The van der Waals surface area contributed by atoms with Gasteiger partial charge in [-0.2, -0.15) is 0 Å². The summed E-state index contributed by atoms with van der Waals surface area (Å²) in [5, 5.41) is 5.52. The molecule has 1 unspecified atom stereocenters. The van der Waals surface area contributed by atoms with Crippen molar-refractivity contribution in [2.45, 2.75) is 24.3 Å². The molecule has 4 rings (SSSR count). The molecule has 2 aromatic carbocycles. The number of nitrogens with one attached hydrogen (secondary N) is 2. The third kappa shape index (κ3) is 4.28. The number of hydrogen-bond donors (Lipinski definition) is 2. The summed E-state index contributed by atoms with van der Waals surface area (Å²) in [6.45, 7) is 2.58. The Kier molecular flexibility index (Phi) is 5.68. The predicted octanol–water partition coefficient (Wildman–Crippen LogP) is 3.99. The molecule has 0 aliphatic carbocycles. The highest BCUT2D eigenvalue weighted by molar-refractivity contribution is 7.93. The third-order valence-corrected chi connectivity index (χ3v) is 7.31. The molecular weight excluding hydrogens is 444 g/mol. The number of rotatable bonds is 6. The molecule has 1 aliphatic rings. The van der Waals surface area contributed by atoms with Crippen LogP contribution in [-0.2, 0) is 21.2 Å². The summed E-state index contributed by atoms with van der Waals surface area (Å²) in [4.78, 5) is 18.8. The molecule has 1 aromatic heterocycles. The van der Waals surface area contributed by atoms with E-state index in [1.165, 1.54) is 29.7 Å². The SMILES string of the molecule is CC(C(=O)Nc1ccc(S(=O)(=O)Nc2nccs2)cc1)N1CCc2cc(Cl)ccc21. The van der Waals surface area contributed by atoms with Crippen LogP contribution in [-0.4, -0.2) is 31.9 Å². The minimum absolute atomic E-state index is 0.0918. The fraction of sp³-hybridized carbons (Fsp3) is 0.200. The lowest BCUT2D eigenvalue weighted by Crippen LogP contribution is -2.41. The molecule has 0 bridgehead atoms. The summed E-state index contributed by atoms with van der Waals surface area (Å²) in [6, 6.07) is 11.3. The van der Waals surface area contributed by atoms with Crippen LogP contribution < -0.4 is 14.9 Å². The average Bonchev–Trinajstić information content (AvgIpc) is 3.36. The number of hydrogen-bond acceptors (Lipinski definition) is 6. The minimum Gasteiger partial charge on any atom is -0.359 e. The molecule has 1 atom stereocenters. The Morgan fingerprint density at radius 2 is 2.00 bits per heavy atom. The van der Waals surface area contributed by atoms with Gasteiger partial charge in [0.2, 0.25) is 5.91 Å². The Morgan fingerprint density at radius 3 is 2.70 bits per heavy atom. The molecule has 7 nitrogen and oxygen atoms in total. The highest BCUT2D eigenvalue weighted by atomic mass is 35.5. The second kappa shape index (κ2) is 8.25. The fourth-order valence-electron chi connectivity index (χ4n) is 3.35. The zero-order chi connectivity index (χ0) is 21.3. The van der Waals surface area contributed by atoms with Crippen LogP contribution in [0.25, 0.3) is 0 Å². The Morgan fingerprint density at radius 1 is 1.23 bits per heavy atom. The Balaban J connectivity index is 1.43. The lowest BCUT2D eigenvalue weighted by Gasteiger charge is -2.26. The van der Waals surface area contributed by atoms with E-state index in [1.54, 1.807) is 17.5 Å². The topological polar surface area (TPSA) is 91.4 Å². The molecule has 0 spiro atoms. The van der Waals surface area contributed by atoms with Gasteiger partial charge >= 0.3 is 0 Å². The zero-order valence-electron chi connectivity index (χ0n) is 16.0. The number of fused-ring (bicyclic) bond motifs is 1. The van der Waals surface area contributed by atoms with Crippen molar-refractivity contribution in [3.8, 4) is 0 Å². The number of carbonyl (C=O) groups excluding carboxylic acids is 1. The van der Waals surface area contributed by atoms with Gasteiger partial charge in [0.25, 0.3) is 10.0 Å². The number of nitrogens with zero attached hydrogens (tertiary/aromatic N) is 2. The van der Waals surface area contributed by atoms with Gasteiger partial charge in [0.15, 0.2) is 5.13 Å². The molecule has 0 fully saturated rings. The third-order valence-electron chi connectivity index (χ3n) is 4.91. The number of thiazole rings is 1. The van der Waals surface area contributed by atoms with Crippen molar-refractivity contribution in [1.82, 2.24) is 4.98 Å². The molecule has 1 amide bonds. The van der Waals surface area contributed by atoms with Crippen molar-refractivity contribution < 1.29 is 13.2 Å². The lowest BCUT2D eigenvalue weighted by atomic mass is 10.1. The highest BCUT2D eigenvalue weighted by Gasteiger charge is 2.28. The summed E-state index contributed by atoms with van der Waals surface area (Å²) >= 11 is 7.25. The van der Waals surface area contributed by atoms with E-state index in [1.807, 2.05) is 30.0 Å². The highest BCUT2D eigenvalue weighted by Crippen LogP contribution is 2.32. The van der Waals surface area contributed by atoms with Crippen LogP contribution in [0.3, 0.4) is 0 Å². The van der Waals surface area contributed by atoms with Gasteiger partial charge in [-0.05, 0) is 61.4 Å². The fourth-order valence-corrected chi connectivity index (χ4v) is 5.33. The van der Waals surface area contributed by atoms with Crippen LogP contribution in [0.2, 0.25) is 5.02 Å². The summed E-state index contributed by atoms with van der Waals surface area (Å²) in [5.41, 5.74) is 2.66. The van der Waals surface area contributed by atoms with Crippen molar-refractivity contribution in [3.63, 3.8) is 0 Å². The standard InChI is InChI=1S/C20H19ClN4O3S2/c1-13(25-10-8-14-12-15(21)2-7-18(14)25)19(26)23-16-3-5-17(6-4-16)30(27,28)24-20-22-9-11-29-20/h2-7,9,11-13H,8,10H2,1H3,(H,22,24)(H,23,26). The van der Waals surface area contributed by atoms with Gasteiger partial charge < -0.3 is 10.2 Å². The summed E-state index contributed by atoms with van der Waals surface area (Å²) < 4.78 is 27.2. The smallest absolute Gasteiger partial charge is 0.263 e. The van der Waals surface area contributed by atoms with Crippen LogP contribution in [0.1, 0.15) is 12.5 Å². The number of halogens is 1. The lowest BCUT2D eigenvalue weighted by molar-refractivity contribution is -0.117. The van der Waals surface area contributed by atoms with Crippen LogP contribution in [0, 0.1) is 0 Å². The maximum atomic E-state index is 12.8. The van der Waals surface area contributed by atoms with Crippen LogP contribution in [0.5, 0.6) is 0 Å². The number of carbonyl (C=O) groups is 1. The minimum atomic E-state index is -3.73. The summed E-state index contributed by atoms with van der Waals surface area (Å²) in [5.74, 6) is -0.172. The van der Waals surface area contributed by atoms with Crippen LogP contribution in [0.4, 0.5) is 16.5 Å². The summed E-state index contributed by atoms with van der Waals surface area (Å²) in [6.07, 6.45) is 2.36. The zero-order valence-corrected chi connectivity index (χ0v) is 18.4. The summed E-state index contributed by atoms with van der Waals surface area (Å²) in [7, 11) is -3.73. The number of benzene rings is 2. The molecule has 30 heavy (non-hydrogen) atoms. The Bertz CT molecular complexity index is 1170. The van der Waals surface area contributed by atoms with Crippen molar-refractivity contribution >= 4 is 55.4 Å². The van der Waals surface area contributed by atoms with E-state index in [0.29, 0.717) is 15.8 Å². The molecule has 1 aliphatic heterocycles. The number of amides is 1. The second-order valence-electron chi connectivity index (χ2n) is 6.85. The monoisotopic (exact) mass is 462 g/mol. The molecule has 156 valence electrons. The van der Waals surface area contributed by atoms with E-state index < -0.39 is 10.0 Å². The Labute approximate surface area is 183 Å². The molecule has 0 radical (unpaired) electrons. The van der Waals surface area contributed by atoms with Gasteiger partial charge in [-0.3, -0.25) is 9.52 Å². The van der Waals surface area contributed by atoms with Crippen LogP contribution in [0.15, 0.2) is 58.9 Å². The number of aromatic nitrogens is 1. The van der Waals surface area contributed by atoms with Gasteiger partial charge in [0, 0.05) is 34.5 Å². The molecule has 2 N–H and O–H groups in total. The molecule has 10 heteroatoms. The molecule has 0 saturated carbocycles. The van der Waals surface area contributed by atoms with Crippen molar-refractivity contribution in [1.29, 1.82) is 0 Å². The maximum absolute atomic E-state index is 12.8. The molecule has 3 aromatic rings. The van der Waals surface area contributed by atoms with E-state index in [-0.39, 0.29) is 16.8 Å². The van der Waals surface area contributed by atoms with Crippen molar-refractivity contribution in [2.75, 3.05) is 21.5 Å². The number of anilines is 3. The van der Waals surface area contributed by atoms with E-state index in [4.69, 9.17) is 11.6 Å². The van der Waals surface area contributed by atoms with Crippen LogP contribution >= 0.6 is 22.9 Å². The predicted molar refractivity (Wildman–Crippen MR) is 120 cm³/mol. The molecular formula is C20H19ClN4O3S2. The quantitative estimate of drug-likeness (QED) is 0.578. The number of sulfonamides is 1. The van der Waals surface area contributed by atoms with Gasteiger partial charge in [0.1, 0.15) is 6.04 Å². The molecule has 2 heterocycles. The van der Waals surface area contributed by atoms with E-state index >= 15 is 0 Å². The van der Waals surface area contributed by atoms with Gasteiger partial charge in [-0.15, -0.1) is 11.3 Å². The van der Waals surface area contributed by atoms with E-state index in [2.05, 4.69) is 15.0 Å².